The highest BCUT2D eigenvalue weighted by Gasteiger charge is 2.39. The number of imide groups is 1. The Morgan fingerprint density at radius 1 is 1.10 bits per heavy atom. The van der Waals surface area contributed by atoms with Gasteiger partial charge in [0.15, 0.2) is 22.6 Å². The quantitative estimate of drug-likeness (QED) is 0.438. The van der Waals surface area contributed by atoms with Crippen molar-refractivity contribution in [1.82, 2.24) is 19.5 Å². The lowest BCUT2D eigenvalue weighted by Gasteiger charge is -2.28. The van der Waals surface area contributed by atoms with Crippen LogP contribution in [0.15, 0.2) is 37.0 Å². The minimum atomic E-state index is -2.83. The molecule has 212 valence electrons. The summed E-state index contributed by atoms with van der Waals surface area (Å²) in [6.45, 7) is 12.2. The Morgan fingerprint density at radius 2 is 1.74 bits per heavy atom. The number of ether oxygens (including phenoxy) is 3. The van der Waals surface area contributed by atoms with Gasteiger partial charge in [-0.3, -0.25) is 0 Å². The molecule has 3 atom stereocenters. The van der Waals surface area contributed by atoms with E-state index in [1.807, 2.05) is 19.1 Å². The summed E-state index contributed by atoms with van der Waals surface area (Å²) in [5, 5.41) is 0. The molecule has 0 saturated carbocycles. The van der Waals surface area contributed by atoms with Gasteiger partial charge in [-0.2, -0.15) is 4.90 Å². The molecule has 2 heterocycles. The Kier molecular flexibility index (Phi) is 9.22. The second kappa shape index (κ2) is 11.9. The highest BCUT2D eigenvalue weighted by molar-refractivity contribution is 7.32. The molecule has 3 rings (SSSR count). The van der Waals surface area contributed by atoms with Gasteiger partial charge in [0.25, 0.3) is 0 Å². The van der Waals surface area contributed by atoms with Gasteiger partial charge in [-0.05, 0) is 54.5 Å². The first-order valence-electron chi connectivity index (χ1n) is 12.3. The third-order valence-corrected chi connectivity index (χ3v) is 5.70. The summed E-state index contributed by atoms with van der Waals surface area (Å²) >= 11 is 0. The lowest BCUT2D eigenvalue weighted by atomic mass is 9.96. The lowest BCUT2D eigenvalue weighted by molar-refractivity contribution is -0.0324. The van der Waals surface area contributed by atoms with E-state index in [4.69, 9.17) is 18.7 Å². The monoisotopic (exact) mass is 564 g/mol. The van der Waals surface area contributed by atoms with E-state index in [0.29, 0.717) is 17.0 Å². The Bertz CT molecular complexity index is 1250. The number of nitrogens with zero attached hydrogens (tertiary/aromatic N) is 5. The molecule has 2 aromatic rings. The van der Waals surface area contributed by atoms with Crippen LogP contribution < -0.4 is 4.90 Å². The van der Waals surface area contributed by atoms with Crippen molar-refractivity contribution in [3.63, 3.8) is 0 Å². The van der Waals surface area contributed by atoms with Crippen molar-refractivity contribution in [1.29, 1.82) is 0 Å². The molecule has 0 spiro atoms. The zero-order valence-electron chi connectivity index (χ0n) is 23.2. The summed E-state index contributed by atoms with van der Waals surface area (Å²) in [5.41, 5.74) is -2.30. The van der Waals surface area contributed by atoms with E-state index in [2.05, 4.69) is 15.0 Å². The molecule has 0 bridgehead atoms. The molecule has 2 amide bonds. The van der Waals surface area contributed by atoms with Crippen molar-refractivity contribution in [2.24, 2.45) is 0 Å². The highest BCUT2D eigenvalue weighted by Crippen LogP contribution is 2.33. The third-order valence-electron chi connectivity index (χ3n) is 5.18. The average molecular weight is 565 g/mol. The predicted octanol–water partition coefficient (Wildman–Crippen LogP) is 4.83. The molecule has 1 N–H and O–H groups in total. The van der Waals surface area contributed by atoms with E-state index in [0.717, 1.165) is 0 Å². The van der Waals surface area contributed by atoms with Crippen LogP contribution in [-0.2, 0) is 29.8 Å². The summed E-state index contributed by atoms with van der Waals surface area (Å²) in [5.74, 6) is -0.0888. The number of amides is 2. The predicted molar refractivity (Wildman–Crippen MR) is 142 cm³/mol. The van der Waals surface area contributed by atoms with E-state index in [1.54, 1.807) is 58.3 Å². The minimum absolute atomic E-state index is 0.0363. The van der Waals surface area contributed by atoms with Gasteiger partial charge in [0.05, 0.1) is 25.6 Å². The van der Waals surface area contributed by atoms with Crippen molar-refractivity contribution < 1.29 is 37.8 Å². The molecule has 13 nitrogen and oxygen atoms in total. The van der Waals surface area contributed by atoms with Gasteiger partial charge in [-0.1, -0.05) is 18.2 Å². The highest BCUT2D eigenvalue weighted by atomic mass is 31.1. The lowest BCUT2D eigenvalue weighted by Crippen LogP contribution is -2.44. The van der Waals surface area contributed by atoms with Crippen LogP contribution in [0.25, 0.3) is 11.2 Å². The fourth-order valence-electron chi connectivity index (χ4n) is 3.64. The molecule has 0 saturated heterocycles. The van der Waals surface area contributed by atoms with E-state index in [-0.39, 0.29) is 24.5 Å². The third kappa shape index (κ3) is 8.37. The summed E-state index contributed by atoms with van der Waals surface area (Å²) in [6, 6.07) is 0. The summed E-state index contributed by atoms with van der Waals surface area (Å²) < 4.78 is 35.2. The van der Waals surface area contributed by atoms with Crippen molar-refractivity contribution in [2.45, 2.75) is 84.3 Å². The normalized spacial score (nSPS) is 18.6. The van der Waals surface area contributed by atoms with E-state index < -0.39 is 43.3 Å². The topological polar surface area (TPSA) is 155 Å². The number of carbonyl (C=O) groups excluding carboxylic acids is 2. The van der Waals surface area contributed by atoms with Gasteiger partial charge in [-0.15, -0.1) is 9.42 Å². The Morgan fingerprint density at radius 3 is 2.28 bits per heavy atom. The van der Waals surface area contributed by atoms with Crippen LogP contribution in [0.5, 0.6) is 0 Å². The van der Waals surface area contributed by atoms with Gasteiger partial charge in [0.2, 0.25) is 0 Å². The van der Waals surface area contributed by atoms with Gasteiger partial charge in [0.1, 0.15) is 17.5 Å². The Labute approximate surface area is 227 Å². The van der Waals surface area contributed by atoms with Crippen LogP contribution in [0.1, 0.15) is 54.9 Å². The van der Waals surface area contributed by atoms with Crippen LogP contribution in [-0.4, -0.2) is 66.1 Å². The minimum Gasteiger partial charge on any atom is -0.443 e. The second-order valence-corrected chi connectivity index (χ2v) is 11.7. The van der Waals surface area contributed by atoms with E-state index >= 15 is 0 Å². The largest absolute Gasteiger partial charge is 0.695 e. The molecule has 0 aromatic carbocycles. The zero-order valence-corrected chi connectivity index (χ0v) is 24.0. The van der Waals surface area contributed by atoms with Gasteiger partial charge < -0.3 is 18.8 Å². The number of fused-ring (bicyclic) bond motifs is 1. The SMILES string of the molecule is CC(Cn1cnc2c(N(C(=O)OC(C)(C)C)C(=O)OC(C)(C)C)ncnc21)OCC1(O[P+](=O)O)C=CC=CC1. The molecule has 1 aliphatic rings. The number of hydrogen-bond donors (Lipinski definition) is 1. The fourth-order valence-corrected chi connectivity index (χ4v) is 4.14. The average Bonchev–Trinajstić information content (AvgIpc) is 3.19. The maximum absolute atomic E-state index is 13.1. The molecule has 2 aromatic heterocycles. The van der Waals surface area contributed by atoms with Gasteiger partial charge >= 0.3 is 20.4 Å². The second-order valence-electron chi connectivity index (χ2n) is 11.1. The first-order chi connectivity index (χ1) is 18.1. The number of hydrogen-bond acceptors (Lipinski definition) is 10. The smallest absolute Gasteiger partial charge is 0.443 e. The van der Waals surface area contributed by atoms with Crippen LogP contribution in [0, 0.1) is 0 Å². The van der Waals surface area contributed by atoms with Crippen molar-refractivity contribution in [2.75, 3.05) is 11.5 Å². The summed E-state index contributed by atoms with van der Waals surface area (Å²) in [4.78, 5) is 49.0. The molecular formula is C25H35N5O8P+. The standard InChI is InChI=1S/C25H34N5O8P/c1-17(35-14-25(38-39(33)34)11-9-8-10-12-25)13-29-16-28-18-19(29)26-15-27-20(18)30(21(31)36-23(2,3)4)22(32)37-24(5,6)7/h8-11,15-17H,12-14H2,1-7H3/p+1. The molecule has 0 radical (unpaired) electrons. The number of carbonyl (C=O) groups is 2. The van der Waals surface area contributed by atoms with Crippen molar-refractivity contribution in [3.05, 3.63) is 37.0 Å². The molecule has 1 aliphatic carbocycles. The molecule has 3 unspecified atom stereocenters. The van der Waals surface area contributed by atoms with Crippen molar-refractivity contribution >= 4 is 37.4 Å². The van der Waals surface area contributed by atoms with Crippen LogP contribution in [0.4, 0.5) is 15.4 Å². The number of aromatic nitrogens is 4. The number of allylic oxidation sites excluding steroid dienone is 2. The Balaban J connectivity index is 1.86. The molecular weight excluding hydrogens is 529 g/mol. The summed E-state index contributed by atoms with van der Waals surface area (Å²) in [6.07, 6.45) is 7.83. The number of rotatable bonds is 8. The molecule has 14 heteroatoms. The molecule has 0 aliphatic heterocycles. The first-order valence-corrected chi connectivity index (χ1v) is 13.5. The maximum Gasteiger partial charge on any atom is 0.695 e. The van der Waals surface area contributed by atoms with E-state index in [9.17, 15) is 19.0 Å². The summed E-state index contributed by atoms with van der Waals surface area (Å²) in [7, 11) is -2.83. The number of imidazole rings is 1. The van der Waals surface area contributed by atoms with Crippen LogP contribution >= 0.6 is 8.25 Å². The fraction of sp³-hybridized carbons (Fsp3) is 0.560. The zero-order chi connectivity index (χ0) is 29.0. The van der Waals surface area contributed by atoms with Gasteiger partial charge in [0, 0.05) is 11.0 Å². The van der Waals surface area contributed by atoms with Crippen LogP contribution in [0.3, 0.4) is 0 Å². The molecule has 39 heavy (non-hydrogen) atoms. The molecule has 0 fully saturated rings. The maximum atomic E-state index is 13.1. The van der Waals surface area contributed by atoms with Crippen molar-refractivity contribution in [3.8, 4) is 0 Å². The van der Waals surface area contributed by atoms with E-state index in [1.165, 1.54) is 12.7 Å². The van der Waals surface area contributed by atoms with Gasteiger partial charge in [-0.25, -0.2) is 24.5 Å². The Hall–Kier alpha value is -3.25. The first kappa shape index (κ1) is 30.3. The number of anilines is 1. The van der Waals surface area contributed by atoms with Crippen LogP contribution in [0.2, 0.25) is 0 Å².